The van der Waals surface area contributed by atoms with Gasteiger partial charge in [-0.15, -0.1) is 10.2 Å². The molecule has 0 saturated heterocycles. The van der Waals surface area contributed by atoms with Crippen LogP contribution in [0.4, 0.5) is 5.69 Å². The molecule has 0 unspecified atom stereocenters. The fourth-order valence-electron chi connectivity index (χ4n) is 2.89. The van der Waals surface area contributed by atoms with Crippen molar-refractivity contribution >= 4 is 15.7 Å². The zero-order chi connectivity index (χ0) is 20.3. The van der Waals surface area contributed by atoms with Crippen molar-refractivity contribution in [2.45, 2.75) is 4.90 Å². The number of aromatic nitrogens is 4. The van der Waals surface area contributed by atoms with Crippen LogP contribution in [0.2, 0.25) is 0 Å². The first-order valence-corrected chi connectivity index (χ1v) is 10.2. The number of nitrogens with zero attached hydrogens (tertiary/aromatic N) is 3. The topological polar surface area (TPSA) is 110 Å². The molecule has 8 nitrogen and oxygen atoms in total. The molecule has 4 rings (SSSR count). The van der Waals surface area contributed by atoms with Gasteiger partial charge in [-0.05, 0) is 40.6 Å². The Kier molecular flexibility index (Phi) is 4.96. The number of nitrogens with one attached hydrogen (secondary N) is 2. The lowest BCUT2D eigenvalue weighted by molar-refractivity contribution is 0.417. The molecule has 1 aromatic heterocycles. The normalized spacial score (nSPS) is 11.2. The average Bonchev–Trinajstić information content (AvgIpc) is 3.29. The Morgan fingerprint density at radius 3 is 2.41 bits per heavy atom. The Morgan fingerprint density at radius 1 is 0.897 bits per heavy atom. The van der Waals surface area contributed by atoms with Gasteiger partial charge in [0.05, 0.1) is 17.7 Å². The summed E-state index contributed by atoms with van der Waals surface area (Å²) in [5.74, 6) is 0.730. The molecule has 3 aromatic carbocycles. The van der Waals surface area contributed by atoms with Gasteiger partial charge in [0.2, 0.25) is 5.82 Å². The average molecular weight is 407 g/mol. The van der Waals surface area contributed by atoms with Crippen LogP contribution in [-0.2, 0) is 10.0 Å². The van der Waals surface area contributed by atoms with Crippen LogP contribution in [0.25, 0.3) is 22.5 Å². The van der Waals surface area contributed by atoms with E-state index in [1.54, 1.807) is 24.3 Å². The fourth-order valence-corrected chi connectivity index (χ4v) is 3.99. The second kappa shape index (κ2) is 7.72. The van der Waals surface area contributed by atoms with Crippen molar-refractivity contribution < 1.29 is 13.2 Å². The maximum absolute atomic E-state index is 13.0. The Labute approximate surface area is 167 Å². The molecule has 0 aliphatic rings. The monoisotopic (exact) mass is 407 g/mol. The lowest BCUT2D eigenvalue weighted by atomic mass is 10.1. The molecule has 0 aliphatic carbocycles. The Morgan fingerprint density at radius 2 is 1.69 bits per heavy atom. The number of benzene rings is 3. The summed E-state index contributed by atoms with van der Waals surface area (Å²) in [6.07, 6.45) is 0. The molecule has 9 heteroatoms. The zero-order valence-corrected chi connectivity index (χ0v) is 16.2. The van der Waals surface area contributed by atoms with E-state index in [4.69, 9.17) is 4.74 Å². The summed E-state index contributed by atoms with van der Waals surface area (Å²) in [4.78, 5) is 0.0759. The van der Waals surface area contributed by atoms with Crippen LogP contribution in [0.5, 0.6) is 5.75 Å². The summed E-state index contributed by atoms with van der Waals surface area (Å²) >= 11 is 0. The number of hydrogen-bond donors (Lipinski definition) is 2. The standard InChI is InChI=1S/C20H17N5O3S/c1-28-19-11-10-15(14-6-3-2-4-7-14)13-18(19)23-29(26,27)17-9-5-8-16(12-17)20-21-24-25-22-20/h2-13,23H,1H3,(H,21,22,24,25). The zero-order valence-electron chi connectivity index (χ0n) is 15.4. The van der Waals surface area contributed by atoms with E-state index >= 15 is 0 Å². The highest BCUT2D eigenvalue weighted by atomic mass is 32.2. The van der Waals surface area contributed by atoms with Crippen LogP contribution < -0.4 is 9.46 Å². The largest absolute Gasteiger partial charge is 0.495 e. The molecule has 146 valence electrons. The summed E-state index contributed by atoms with van der Waals surface area (Å²) in [6, 6.07) is 21.3. The first-order valence-electron chi connectivity index (χ1n) is 8.67. The van der Waals surface area contributed by atoms with Gasteiger partial charge >= 0.3 is 0 Å². The molecular formula is C20H17N5O3S. The second-order valence-electron chi connectivity index (χ2n) is 6.15. The van der Waals surface area contributed by atoms with Crippen molar-refractivity contribution in [3.63, 3.8) is 0 Å². The molecule has 0 atom stereocenters. The SMILES string of the molecule is COc1ccc(-c2ccccc2)cc1NS(=O)(=O)c1cccc(-c2nn[nH]n2)c1. The van der Waals surface area contributed by atoms with Crippen LogP contribution in [0, 0.1) is 0 Å². The van der Waals surface area contributed by atoms with E-state index in [9.17, 15) is 8.42 Å². The lowest BCUT2D eigenvalue weighted by Gasteiger charge is -2.14. The maximum atomic E-state index is 13.0. The smallest absolute Gasteiger partial charge is 0.262 e. The molecule has 0 saturated carbocycles. The molecule has 0 amide bonds. The number of ether oxygens (including phenoxy) is 1. The van der Waals surface area contributed by atoms with Gasteiger partial charge in [-0.2, -0.15) is 5.21 Å². The van der Waals surface area contributed by atoms with Crippen LogP contribution in [0.3, 0.4) is 0 Å². The van der Waals surface area contributed by atoms with Gasteiger partial charge in [-0.3, -0.25) is 4.72 Å². The first-order chi connectivity index (χ1) is 14.1. The molecule has 2 N–H and O–H groups in total. The van der Waals surface area contributed by atoms with Gasteiger partial charge in [0, 0.05) is 5.56 Å². The van der Waals surface area contributed by atoms with Crippen molar-refractivity contribution in [1.82, 2.24) is 20.6 Å². The van der Waals surface area contributed by atoms with Crippen LogP contribution in [0.15, 0.2) is 77.7 Å². The second-order valence-corrected chi connectivity index (χ2v) is 7.83. The van der Waals surface area contributed by atoms with Crippen molar-refractivity contribution in [2.24, 2.45) is 0 Å². The maximum Gasteiger partial charge on any atom is 0.262 e. The molecule has 1 heterocycles. The minimum Gasteiger partial charge on any atom is -0.495 e. The molecule has 0 bridgehead atoms. The van der Waals surface area contributed by atoms with Crippen LogP contribution in [0.1, 0.15) is 0 Å². The van der Waals surface area contributed by atoms with Crippen molar-refractivity contribution in [1.29, 1.82) is 0 Å². The van der Waals surface area contributed by atoms with Gasteiger partial charge in [0.1, 0.15) is 5.75 Å². The molecule has 29 heavy (non-hydrogen) atoms. The highest BCUT2D eigenvalue weighted by Crippen LogP contribution is 2.32. The first kappa shape index (κ1) is 18.6. The number of methoxy groups -OCH3 is 1. The summed E-state index contributed by atoms with van der Waals surface area (Å²) < 4.78 is 34.0. The quantitative estimate of drug-likeness (QED) is 0.507. The fraction of sp³-hybridized carbons (Fsp3) is 0.0500. The number of anilines is 1. The highest BCUT2D eigenvalue weighted by Gasteiger charge is 2.18. The molecule has 0 radical (unpaired) electrons. The number of sulfonamides is 1. The van der Waals surface area contributed by atoms with E-state index in [-0.39, 0.29) is 4.90 Å². The predicted molar refractivity (Wildman–Crippen MR) is 109 cm³/mol. The Hall–Kier alpha value is -3.72. The van der Waals surface area contributed by atoms with Gasteiger partial charge in [0.15, 0.2) is 0 Å². The van der Waals surface area contributed by atoms with Crippen molar-refractivity contribution in [3.8, 4) is 28.3 Å². The highest BCUT2D eigenvalue weighted by molar-refractivity contribution is 7.92. The number of aromatic amines is 1. The molecule has 0 fully saturated rings. The van der Waals surface area contributed by atoms with E-state index in [1.807, 2.05) is 36.4 Å². The minimum atomic E-state index is -3.87. The number of hydrogen-bond acceptors (Lipinski definition) is 6. The molecule has 0 aliphatic heterocycles. The van der Waals surface area contributed by atoms with Crippen LogP contribution in [-0.4, -0.2) is 36.2 Å². The number of H-pyrrole nitrogens is 1. The lowest BCUT2D eigenvalue weighted by Crippen LogP contribution is -2.14. The summed E-state index contributed by atoms with van der Waals surface area (Å²) in [6.45, 7) is 0. The van der Waals surface area contributed by atoms with E-state index in [0.29, 0.717) is 22.8 Å². The Balaban J connectivity index is 1.70. The third kappa shape index (κ3) is 3.94. The van der Waals surface area contributed by atoms with Crippen LogP contribution >= 0.6 is 0 Å². The summed E-state index contributed by atoms with van der Waals surface area (Å²) in [5, 5.41) is 13.6. The van der Waals surface area contributed by atoms with E-state index in [2.05, 4.69) is 25.3 Å². The predicted octanol–water partition coefficient (Wildman–Crippen LogP) is 3.34. The van der Waals surface area contributed by atoms with Gasteiger partial charge in [-0.25, -0.2) is 8.42 Å². The molecule has 0 spiro atoms. The molecular weight excluding hydrogens is 390 g/mol. The number of rotatable bonds is 6. The molecule has 4 aromatic rings. The number of tetrazole rings is 1. The van der Waals surface area contributed by atoms with Gasteiger partial charge < -0.3 is 4.74 Å². The van der Waals surface area contributed by atoms with E-state index in [1.165, 1.54) is 19.2 Å². The summed E-state index contributed by atoms with van der Waals surface area (Å²) in [5.41, 5.74) is 2.71. The third-order valence-corrected chi connectivity index (χ3v) is 5.66. The van der Waals surface area contributed by atoms with Gasteiger partial charge in [0.25, 0.3) is 10.0 Å². The third-order valence-electron chi connectivity index (χ3n) is 4.30. The van der Waals surface area contributed by atoms with Gasteiger partial charge in [-0.1, -0.05) is 48.5 Å². The van der Waals surface area contributed by atoms with E-state index < -0.39 is 10.0 Å². The summed E-state index contributed by atoms with van der Waals surface area (Å²) in [7, 11) is -2.38. The van der Waals surface area contributed by atoms with Crippen molar-refractivity contribution in [2.75, 3.05) is 11.8 Å². The Bertz CT molecular complexity index is 1230. The van der Waals surface area contributed by atoms with Crippen molar-refractivity contribution in [3.05, 3.63) is 72.8 Å². The van der Waals surface area contributed by atoms with E-state index in [0.717, 1.165) is 11.1 Å². The minimum absolute atomic E-state index is 0.0759.